The summed E-state index contributed by atoms with van der Waals surface area (Å²) in [7, 11) is -2.65. The van der Waals surface area contributed by atoms with E-state index in [1.165, 1.54) is 12.6 Å². The number of hydrogen-bond donors (Lipinski definition) is 1. The lowest BCUT2D eigenvalue weighted by Crippen LogP contribution is -2.38. The van der Waals surface area contributed by atoms with Crippen molar-refractivity contribution >= 4 is 21.9 Å². The van der Waals surface area contributed by atoms with Crippen molar-refractivity contribution in [3.63, 3.8) is 0 Å². The average Bonchev–Trinajstić information content (AvgIpc) is 2.71. The maximum absolute atomic E-state index is 13.9. The van der Waals surface area contributed by atoms with Gasteiger partial charge in [0.2, 0.25) is 10.0 Å². The molecule has 1 aliphatic heterocycles. The van der Waals surface area contributed by atoms with Crippen LogP contribution in [0.2, 0.25) is 0 Å². The number of benzene rings is 2. The van der Waals surface area contributed by atoms with Crippen LogP contribution in [-0.4, -0.2) is 45.4 Å². The summed E-state index contributed by atoms with van der Waals surface area (Å²) >= 11 is 0. The zero-order valence-corrected chi connectivity index (χ0v) is 16.0. The number of esters is 1. The highest BCUT2D eigenvalue weighted by Crippen LogP contribution is 2.19. The van der Waals surface area contributed by atoms with Gasteiger partial charge in [0, 0.05) is 13.1 Å². The molecule has 0 saturated heterocycles. The number of fused-ring (bicyclic) bond motifs is 1. The van der Waals surface area contributed by atoms with Gasteiger partial charge in [-0.05, 0) is 42.8 Å². The summed E-state index contributed by atoms with van der Waals surface area (Å²) in [6, 6.07) is 10.6. The fraction of sp³-hybridized carbons (Fsp3) is 0.263. The third-order valence-corrected chi connectivity index (χ3v) is 5.96. The average molecular weight is 406 g/mol. The third-order valence-electron chi connectivity index (χ3n) is 4.55. The number of ether oxygens (including phenoxy) is 1. The zero-order valence-electron chi connectivity index (χ0n) is 15.1. The second kappa shape index (κ2) is 8.07. The van der Waals surface area contributed by atoms with Gasteiger partial charge in [-0.15, -0.1) is 0 Å². The molecule has 148 valence electrons. The molecular formula is C19H19FN2O5S. The highest BCUT2D eigenvalue weighted by atomic mass is 32.2. The molecule has 0 radical (unpaired) electrons. The Bertz CT molecular complexity index is 1020. The number of rotatable bonds is 5. The minimum atomic E-state index is -3.85. The van der Waals surface area contributed by atoms with E-state index in [9.17, 15) is 22.4 Å². The van der Waals surface area contributed by atoms with Crippen LogP contribution in [0.4, 0.5) is 4.39 Å². The van der Waals surface area contributed by atoms with E-state index >= 15 is 0 Å². The number of nitrogens with zero attached hydrogens (tertiary/aromatic N) is 1. The molecule has 28 heavy (non-hydrogen) atoms. The Balaban J connectivity index is 1.66. The number of carbonyl (C=O) groups is 2. The van der Waals surface area contributed by atoms with Crippen LogP contribution < -0.4 is 4.72 Å². The predicted molar refractivity (Wildman–Crippen MR) is 98.5 cm³/mol. The molecule has 0 fully saturated rings. The van der Waals surface area contributed by atoms with Crippen molar-refractivity contribution in [2.24, 2.45) is 0 Å². The molecule has 0 atom stereocenters. The SMILES string of the molecule is CNS(=O)(=O)c1ccc(F)c(C(=O)OCC(=O)N2CCc3ccccc3C2)c1. The van der Waals surface area contributed by atoms with Crippen LogP contribution in [0.15, 0.2) is 47.4 Å². The molecule has 2 aromatic carbocycles. The van der Waals surface area contributed by atoms with E-state index in [2.05, 4.69) is 4.72 Å². The topological polar surface area (TPSA) is 92.8 Å². The first-order valence-corrected chi connectivity index (χ1v) is 10.0. The fourth-order valence-electron chi connectivity index (χ4n) is 2.95. The minimum absolute atomic E-state index is 0.276. The Kier molecular flexibility index (Phi) is 5.76. The van der Waals surface area contributed by atoms with E-state index in [0.29, 0.717) is 19.5 Å². The summed E-state index contributed by atoms with van der Waals surface area (Å²) in [5.74, 6) is -2.43. The smallest absolute Gasteiger partial charge is 0.341 e. The molecule has 0 bridgehead atoms. The number of hydrogen-bond acceptors (Lipinski definition) is 5. The highest BCUT2D eigenvalue weighted by Gasteiger charge is 2.23. The maximum Gasteiger partial charge on any atom is 0.341 e. The van der Waals surface area contributed by atoms with E-state index in [-0.39, 0.29) is 4.90 Å². The molecule has 7 nitrogen and oxygen atoms in total. The molecule has 0 aromatic heterocycles. The van der Waals surface area contributed by atoms with Crippen LogP contribution in [0.25, 0.3) is 0 Å². The van der Waals surface area contributed by atoms with E-state index in [0.717, 1.165) is 23.8 Å². The van der Waals surface area contributed by atoms with Crippen LogP contribution in [0.1, 0.15) is 21.5 Å². The second-order valence-electron chi connectivity index (χ2n) is 6.26. The number of halogens is 1. The summed E-state index contributed by atoms with van der Waals surface area (Å²) in [4.78, 5) is 25.8. The van der Waals surface area contributed by atoms with E-state index in [1.807, 2.05) is 24.3 Å². The third kappa shape index (κ3) is 4.20. The van der Waals surface area contributed by atoms with Crippen LogP contribution >= 0.6 is 0 Å². The van der Waals surface area contributed by atoms with E-state index in [1.54, 1.807) is 4.90 Å². The van der Waals surface area contributed by atoms with Crippen molar-refractivity contribution in [2.45, 2.75) is 17.9 Å². The highest BCUT2D eigenvalue weighted by molar-refractivity contribution is 7.89. The Morgan fingerprint density at radius 3 is 2.61 bits per heavy atom. The first-order valence-electron chi connectivity index (χ1n) is 8.56. The van der Waals surface area contributed by atoms with Gasteiger partial charge in [0.25, 0.3) is 5.91 Å². The minimum Gasteiger partial charge on any atom is -0.452 e. The zero-order chi connectivity index (χ0) is 20.3. The molecular weight excluding hydrogens is 387 g/mol. The number of amides is 1. The van der Waals surface area contributed by atoms with Crippen molar-refractivity contribution in [1.29, 1.82) is 0 Å². The monoisotopic (exact) mass is 406 g/mol. The molecule has 0 saturated carbocycles. The lowest BCUT2D eigenvalue weighted by atomic mass is 10.00. The fourth-order valence-corrected chi connectivity index (χ4v) is 3.71. The maximum atomic E-state index is 13.9. The number of carbonyl (C=O) groups excluding carboxylic acids is 2. The predicted octanol–water partition coefficient (Wildman–Crippen LogP) is 1.48. The lowest BCUT2D eigenvalue weighted by molar-refractivity contribution is -0.135. The molecule has 1 heterocycles. The van der Waals surface area contributed by atoms with E-state index < -0.39 is 39.9 Å². The molecule has 3 rings (SSSR count). The summed E-state index contributed by atoms with van der Waals surface area (Å²) in [5.41, 5.74) is 1.66. The second-order valence-corrected chi connectivity index (χ2v) is 8.15. The summed E-state index contributed by atoms with van der Waals surface area (Å²) in [6.45, 7) is 0.359. The van der Waals surface area contributed by atoms with Crippen LogP contribution in [-0.2, 0) is 32.5 Å². The quantitative estimate of drug-likeness (QED) is 0.760. The summed E-state index contributed by atoms with van der Waals surface area (Å²) in [6.07, 6.45) is 0.703. The van der Waals surface area contributed by atoms with Gasteiger partial charge in [-0.1, -0.05) is 24.3 Å². The van der Waals surface area contributed by atoms with Crippen molar-refractivity contribution in [1.82, 2.24) is 9.62 Å². The van der Waals surface area contributed by atoms with Gasteiger partial charge in [-0.2, -0.15) is 0 Å². The summed E-state index contributed by atoms with van der Waals surface area (Å²) in [5, 5.41) is 0. The molecule has 1 aliphatic rings. The molecule has 0 unspecified atom stereocenters. The Hall–Kier alpha value is -2.78. The largest absolute Gasteiger partial charge is 0.452 e. The number of sulfonamides is 1. The summed E-state index contributed by atoms with van der Waals surface area (Å²) < 4.78 is 44.6. The Morgan fingerprint density at radius 1 is 1.18 bits per heavy atom. The van der Waals surface area contributed by atoms with E-state index in [4.69, 9.17) is 4.74 Å². The van der Waals surface area contributed by atoms with Gasteiger partial charge < -0.3 is 9.64 Å². The van der Waals surface area contributed by atoms with Crippen LogP contribution in [0, 0.1) is 5.82 Å². The van der Waals surface area contributed by atoms with Crippen molar-refractivity contribution in [3.8, 4) is 0 Å². The molecule has 0 spiro atoms. The van der Waals surface area contributed by atoms with Crippen molar-refractivity contribution in [2.75, 3.05) is 20.2 Å². The van der Waals surface area contributed by atoms with Gasteiger partial charge in [-0.25, -0.2) is 22.3 Å². The molecule has 2 aromatic rings. The first kappa shape index (κ1) is 20.0. The van der Waals surface area contributed by atoms with Gasteiger partial charge in [0.15, 0.2) is 6.61 Å². The molecule has 1 amide bonds. The van der Waals surface area contributed by atoms with Crippen LogP contribution in [0.5, 0.6) is 0 Å². The van der Waals surface area contributed by atoms with Gasteiger partial charge >= 0.3 is 5.97 Å². The first-order chi connectivity index (χ1) is 13.3. The van der Waals surface area contributed by atoms with Crippen molar-refractivity contribution < 1.29 is 27.1 Å². The number of nitrogens with one attached hydrogen (secondary N) is 1. The Labute approximate surface area is 162 Å². The van der Waals surface area contributed by atoms with Gasteiger partial charge in [0.05, 0.1) is 10.5 Å². The molecule has 0 aliphatic carbocycles. The lowest BCUT2D eigenvalue weighted by Gasteiger charge is -2.28. The molecule has 9 heteroatoms. The van der Waals surface area contributed by atoms with Crippen molar-refractivity contribution in [3.05, 3.63) is 65.0 Å². The van der Waals surface area contributed by atoms with Gasteiger partial charge in [-0.3, -0.25) is 4.79 Å². The Morgan fingerprint density at radius 2 is 1.89 bits per heavy atom. The normalized spacial score (nSPS) is 13.7. The van der Waals surface area contributed by atoms with Gasteiger partial charge in [0.1, 0.15) is 5.82 Å². The van der Waals surface area contributed by atoms with Crippen LogP contribution in [0.3, 0.4) is 0 Å². The molecule has 1 N–H and O–H groups in total. The standard InChI is InChI=1S/C19H19FN2O5S/c1-21-28(25,26)15-6-7-17(20)16(10-15)19(24)27-12-18(23)22-9-8-13-4-2-3-5-14(13)11-22/h2-7,10,21H,8-9,11-12H2,1H3.